The Kier molecular flexibility index (Phi) is 4.80. The maximum atomic E-state index is 11.6. The highest BCUT2D eigenvalue weighted by Crippen LogP contribution is 2.16. The van der Waals surface area contributed by atoms with Crippen molar-refractivity contribution in [1.82, 2.24) is 4.90 Å². The summed E-state index contributed by atoms with van der Waals surface area (Å²) in [5.41, 5.74) is 3.04. The summed E-state index contributed by atoms with van der Waals surface area (Å²) < 4.78 is 10.3. The second-order valence-corrected chi connectivity index (χ2v) is 5.24. The van der Waals surface area contributed by atoms with Crippen LogP contribution in [0.2, 0.25) is 0 Å². The molecule has 21 heavy (non-hydrogen) atoms. The molecular weight excluding hydrogens is 269 g/mol. The summed E-state index contributed by atoms with van der Waals surface area (Å²) in [5.74, 6) is 0.817. The van der Waals surface area contributed by atoms with Crippen LogP contribution in [-0.4, -0.2) is 44.1 Å². The van der Waals surface area contributed by atoms with Gasteiger partial charge in [0.15, 0.2) is 0 Å². The summed E-state index contributed by atoms with van der Waals surface area (Å²) in [6.07, 6.45) is 0. The van der Waals surface area contributed by atoms with Crippen molar-refractivity contribution >= 4 is 24.6 Å². The molecule has 1 aliphatic heterocycles. The SMILES string of the molecule is CC(=CB1OC(=O)CN(C)CC(=O)O1)c1ccc(C)cc1. The van der Waals surface area contributed by atoms with E-state index < -0.39 is 19.1 Å². The van der Waals surface area contributed by atoms with E-state index in [4.69, 9.17) is 9.31 Å². The molecule has 1 aromatic carbocycles. The van der Waals surface area contributed by atoms with Crippen molar-refractivity contribution in [3.05, 3.63) is 41.4 Å². The van der Waals surface area contributed by atoms with Crippen LogP contribution in [0.3, 0.4) is 0 Å². The molecule has 1 saturated heterocycles. The quantitative estimate of drug-likeness (QED) is 0.771. The Labute approximate surface area is 124 Å². The molecule has 0 radical (unpaired) electrons. The van der Waals surface area contributed by atoms with Crippen LogP contribution in [0.4, 0.5) is 0 Å². The maximum absolute atomic E-state index is 11.6. The van der Waals surface area contributed by atoms with Gasteiger partial charge in [0.2, 0.25) is 0 Å². The Bertz CT molecular complexity index is 548. The van der Waals surface area contributed by atoms with E-state index in [2.05, 4.69) is 0 Å². The summed E-state index contributed by atoms with van der Waals surface area (Å²) in [6, 6.07) is 7.94. The average molecular weight is 287 g/mol. The zero-order valence-corrected chi connectivity index (χ0v) is 12.5. The molecule has 5 nitrogen and oxygen atoms in total. The maximum Gasteiger partial charge on any atom is 0.629 e. The first-order chi connectivity index (χ1) is 9.94. The first-order valence-corrected chi connectivity index (χ1v) is 6.77. The summed E-state index contributed by atoms with van der Waals surface area (Å²) in [6.45, 7) is 4.04. The van der Waals surface area contributed by atoms with Gasteiger partial charge in [0.25, 0.3) is 0 Å². The van der Waals surface area contributed by atoms with Crippen molar-refractivity contribution in [1.29, 1.82) is 0 Å². The molecule has 0 N–H and O–H groups in total. The van der Waals surface area contributed by atoms with E-state index >= 15 is 0 Å². The van der Waals surface area contributed by atoms with Crippen molar-refractivity contribution in [2.45, 2.75) is 13.8 Å². The van der Waals surface area contributed by atoms with Crippen molar-refractivity contribution < 1.29 is 18.9 Å². The largest absolute Gasteiger partial charge is 0.629 e. The van der Waals surface area contributed by atoms with Crippen LogP contribution in [0, 0.1) is 6.92 Å². The summed E-state index contributed by atoms with van der Waals surface area (Å²) in [5, 5.41) is 0. The third-order valence-corrected chi connectivity index (χ3v) is 3.19. The third kappa shape index (κ3) is 4.46. The van der Waals surface area contributed by atoms with Crippen LogP contribution in [-0.2, 0) is 18.9 Å². The second kappa shape index (κ2) is 6.58. The van der Waals surface area contributed by atoms with Gasteiger partial charge in [-0.25, -0.2) is 0 Å². The van der Waals surface area contributed by atoms with E-state index in [1.54, 1.807) is 17.9 Å². The monoisotopic (exact) mass is 287 g/mol. The molecule has 0 aliphatic carbocycles. The fourth-order valence-corrected chi connectivity index (χ4v) is 2.04. The van der Waals surface area contributed by atoms with Gasteiger partial charge in [-0.3, -0.25) is 14.5 Å². The molecule has 6 heteroatoms. The van der Waals surface area contributed by atoms with E-state index in [0.717, 1.165) is 11.1 Å². The highest BCUT2D eigenvalue weighted by atomic mass is 16.6. The average Bonchev–Trinajstić information content (AvgIpc) is 2.36. The minimum atomic E-state index is -0.972. The molecular formula is C15H18BNO4. The van der Waals surface area contributed by atoms with Gasteiger partial charge >= 0.3 is 19.1 Å². The van der Waals surface area contributed by atoms with Crippen LogP contribution in [0.15, 0.2) is 30.2 Å². The summed E-state index contributed by atoms with van der Waals surface area (Å²) in [7, 11) is 0.691. The number of likely N-dealkylation sites (N-methyl/N-ethyl adjacent to an activating group) is 1. The van der Waals surface area contributed by atoms with Gasteiger partial charge in [0.1, 0.15) is 0 Å². The van der Waals surface area contributed by atoms with E-state index in [-0.39, 0.29) is 13.1 Å². The first kappa shape index (κ1) is 15.3. The lowest BCUT2D eigenvalue weighted by Gasteiger charge is -2.21. The fourth-order valence-electron chi connectivity index (χ4n) is 2.04. The lowest BCUT2D eigenvalue weighted by Crippen LogP contribution is -2.41. The Morgan fingerprint density at radius 1 is 1.14 bits per heavy atom. The van der Waals surface area contributed by atoms with Gasteiger partial charge in [-0.05, 0) is 38.0 Å². The van der Waals surface area contributed by atoms with Gasteiger partial charge in [-0.2, -0.15) is 0 Å². The van der Waals surface area contributed by atoms with Crippen molar-refractivity contribution in [2.24, 2.45) is 0 Å². The highest BCUT2D eigenvalue weighted by molar-refractivity contribution is 6.56. The van der Waals surface area contributed by atoms with Crippen LogP contribution >= 0.6 is 0 Å². The molecule has 0 amide bonds. The summed E-state index contributed by atoms with van der Waals surface area (Å²) >= 11 is 0. The van der Waals surface area contributed by atoms with Crippen LogP contribution in [0.25, 0.3) is 5.57 Å². The van der Waals surface area contributed by atoms with E-state index in [1.165, 1.54) is 5.56 Å². The molecule has 0 unspecified atom stereocenters. The molecule has 2 rings (SSSR count). The lowest BCUT2D eigenvalue weighted by molar-refractivity contribution is -0.145. The Morgan fingerprint density at radius 3 is 2.19 bits per heavy atom. The Balaban J connectivity index is 2.15. The topological polar surface area (TPSA) is 55.8 Å². The number of carbonyl (C=O) groups is 2. The predicted molar refractivity (Wildman–Crippen MR) is 80.3 cm³/mol. The predicted octanol–water partition coefficient (Wildman–Crippen LogP) is 1.46. The minimum Gasteiger partial charge on any atom is -0.495 e. The zero-order chi connectivity index (χ0) is 15.4. The number of aryl methyl sites for hydroxylation is 1. The molecule has 0 aromatic heterocycles. The Morgan fingerprint density at radius 2 is 1.67 bits per heavy atom. The molecule has 0 spiro atoms. The zero-order valence-electron chi connectivity index (χ0n) is 12.5. The fraction of sp³-hybridized carbons (Fsp3) is 0.333. The van der Waals surface area contributed by atoms with Crippen molar-refractivity contribution in [2.75, 3.05) is 20.1 Å². The molecule has 0 atom stereocenters. The van der Waals surface area contributed by atoms with Crippen LogP contribution in [0.1, 0.15) is 18.1 Å². The number of allylic oxidation sites excluding steroid dienone is 1. The van der Waals surface area contributed by atoms with Crippen molar-refractivity contribution in [3.63, 3.8) is 0 Å². The van der Waals surface area contributed by atoms with Gasteiger partial charge in [0, 0.05) is 0 Å². The van der Waals surface area contributed by atoms with Crippen molar-refractivity contribution in [3.8, 4) is 0 Å². The van der Waals surface area contributed by atoms with E-state index in [1.807, 2.05) is 38.1 Å². The number of nitrogens with zero attached hydrogens (tertiary/aromatic N) is 1. The smallest absolute Gasteiger partial charge is 0.495 e. The number of rotatable bonds is 2. The molecule has 1 fully saturated rings. The third-order valence-electron chi connectivity index (χ3n) is 3.19. The number of hydrogen-bond acceptors (Lipinski definition) is 5. The van der Waals surface area contributed by atoms with Gasteiger partial charge in [-0.15, -0.1) is 0 Å². The van der Waals surface area contributed by atoms with Gasteiger partial charge in [-0.1, -0.05) is 29.8 Å². The normalized spacial score (nSPS) is 17.9. The molecule has 1 aromatic rings. The summed E-state index contributed by atoms with van der Waals surface area (Å²) in [4.78, 5) is 24.8. The van der Waals surface area contributed by atoms with Crippen LogP contribution in [0.5, 0.6) is 0 Å². The standard InChI is InChI=1S/C15H18BNO4/c1-11-4-6-13(7-5-11)12(2)8-16-20-14(18)9-17(3)10-15(19)21-16/h4-8H,9-10H2,1-3H3. The van der Waals surface area contributed by atoms with Crippen LogP contribution < -0.4 is 0 Å². The number of benzene rings is 1. The molecule has 1 aliphatic rings. The molecule has 0 saturated carbocycles. The number of hydrogen-bond donors (Lipinski definition) is 0. The molecule has 0 bridgehead atoms. The van der Waals surface area contributed by atoms with Gasteiger partial charge < -0.3 is 9.31 Å². The van der Waals surface area contributed by atoms with Gasteiger partial charge in [0.05, 0.1) is 13.1 Å². The minimum absolute atomic E-state index is 0.0724. The molecule has 110 valence electrons. The lowest BCUT2D eigenvalue weighted by atomic mass is 9.84. The van der Waals surface area contributed by atoms with E-state index in [9.17, 15) is 9.59 Å². The second-order valence-electron chi connectivity index (χ2n) is 5.24. The first-order valence-electron chi connectivity index (χ1n) is 6.77. The van der Waals surface area contributed by atoms with E-state index in [0.29, 0.717) is 0 Å². The highest BCUT2D eigenvalue weighted by Gasteiger charge is 2.29. The number of carbonyl (C=O) groups excluding carboxylic acids is 2. The molecule has 1 heterocycles. The Hall–Kier alpha value is -2.08.